The Morgan fingerprint density at radius 1 is 1.28 bits per heavy atom. The first-order valence-electron chi connectivity index (χ1n) is 5.22. The van der Waals surface area contributed by atoms with Crippen LogP contribution in [0.15, 0.2) is 35.2 Å². The van der Waals surface area contributed by atoms with Gasteiger partial charge in [0.05, 0.1) is 35.4 Å². The van der Waals surface area contributed by atoms with Gasteiger partial charge in [0.2, 0.25) is 10.0 Å². The van der Waals surface area contributed by atoms with Crippen molar-refractivity contribution in [3.63, 3.8) is 0 Å². The highest BCUT2D eigenvalue weighted by Gasteiger charge is 2.06. The van der Waals surface area contributed by atoms with E-state index in [4.69, 9.17) is 0 Å². The molecule has 1 heterocycles. The third-order valence-corrected chi connectivity index (χ3v) is 3.39. The number of benzene rings is 1. The van der Waals surface area contributed by atoms with Gasteiger partial charge in [0.1, 0.15) is 0 Å². The Morgan fingerprint density at radius 2 is 2.00 bits per heavy atom. The molecule has 0 unspecified atom stereocenters. The predicted molar refractivity (Wildman–Crippen MR) is 74.3 cm³/mol. The molecule has 5 nitrogen and oxygen atoms in total. The van der Waals surface area contributed by atoms with Crippen LogP contribution in [0, 0.1) is 0 Å². The number of hydrogen-bond acceptors (Lipinski definition) is 5. The molecule has 0 aliphatic carbocycles. The predicted octanol–water partition coefficient (Wildman–Crippen LogP) is 2.13. The Labute approximate surface area is 110 Å². The Balaban J connectivity index is 2.12. The molecule has 0 saturated carbocycles. The molecule has 18 heavy (non-hydrogen) atoms. The monoisotopic (exact) mass is 283 g/mol. The van der Waals surface area contributed by atoms with E-state index in [1.807, 2.05) is 17.5 Å². The zero-order chi connectivity index (χ0) is 13.0. The minimum atomic E-state index is -3.28. The van der Waals surface area contributed by atoms with Gasteiger partial charge in [-0.3, -0.25) is 4.72 Å². The molecular formula is C11H13N3O2S2. The van der Waals surface area contributed by atoms with Crippen LogP contribution in [0.1, 0.15) is 5.69 Å². The second kappa shape index (κ2) is 5.36. The topological polar surface area (TPSA) is 71.1 Å². The highest BCUT2D eigenvalue weighted by atomic mass is 32.2. The zero-order valence-corrected chi connectivity index (χ0v) is 11.4. The smallest absolute Gasteiger partial charge is 0.229 e. The maximum atomic E-state index is 11.2. The van der Waals surface area contributed by atoms with Crippen LogP contribution in [-0.4, -0.2) is 19.7 Å². The first kappa shape index (κ1) is 12.8. The number of sulfonamides is 1. The van der Waals surface area contributed by atoms with Crippen molar-refractivity contribution in [3.8, 4) is 0 Å². The molecule has 1 aromatic carbocycles. The van der Waals surface area contributed by atoms with E-state index < -0.39 is 10.0 Å². The van der Waals surface area contributed by atoms with Crippen molar-refractivity contribution >= 4 is 32.7 Å². The summed E-state index contributed by atoms with van der Waals surface area (Å²) >= 11 is 1.53. The molecule has 7 heteroatoms. The average molecular weight is 283 g/mol. The van der Waals surface area contributed by atoms with Gasteiger partial charge >= 0.3 is 0 Å². The summed E-state index contributed by atoms with van der Waals surface area (Å²) in [5.74, 6) is 0. The molecule has 2 N–H and O–H groups in total. The fourth-order valence-corrected chi connectivity index (χ4v) is 2.57. The van der Waals surface area contributed by atoms with Crippen LogP contribution in [0.5, 0.6) is 0 Å². The molecule has 2 aromatic rings. The lowest BCUT2D eigenvalue weighted by atomic mass is 10.2. The third-order valence-electron chi connectivity index (χ3n) is 2.17. The maximum Gasteiger partial charge on any atom is 0.229 e. The van der Waals surface area contributed by atoms with Crippen molar-refractivity contribution in [3.05, 3.63) is 40.8 Å². The van der Waals surface area contributed by atoms with Gasteiger partial charge in [-0.2, -0.15) is 0 Å². The van der Waals surface area contributed by atoms with Crippen LogP contribution >= 0.6 is 11.3 Å². The number of anilines is 2. The van der Waals surface area contributed by atoms with Crippen molar-refractivity contribution in [2.45, 2.75) is 6.54 Å². The summed E-state index contributed by atoms with van der Waals surface area (Å²) in [6, 6.07) is 7.16. The van der Waals surface area contributed by atoms with Crippen molar-refractivity contribution < 1.29 is 8.42 Å². The average Bonchev–Trinajstić information content (AvgIpc) is 2.79. The highest BCUT2D eigenvalue weighted by molar-refractivity contribution is 7.92. The Kier molecular flexibility index (Phi) is 3.83. The van der Waals surface area contributed by atoms with Gasteiger partial charge in [0.25, 0.3) is 0 Å². The van der Waals surface area contributed by atoms with E-state index in [-0.39, 0.29) is 0 Å². The highest BCUT2D eigenvalue weighted by Crippen LogP contribution is 2.22. The summed E-state index contributed by atoms with van der Waals surface area (Å²) < 4.78 is 24.9. The second-order valence-corrected chi connectivity index (χ2v) is 6.22. The van der Waals surface area contributed by atoms with Gasteiger partial charge in [-0.1, -0.05) is 12.1 Å². The second-order valence-electron chi connectivity index (χ2n) is 3.75. The minimum Gasteiger partial charge on any atom is -0.378 e. The van der Waals surface area contributed by atoms with Gasteiger partial charge in [-0.15, -0.1) is 11.3 Å². The third kappa shape index (κ3) is 3.71. The Morgan fingerprint density at radius 3 is 2.61 bits per heavy atom. The largest absolute Gasteiger partial charge is 0.378 e. The summed E-state index contributed by atoms with van der Waals surface area (Å²) in [6.07, 6.45) is 1.13. The van der Waals surface area contributed by atoms with Crippen molar-refractivity contribution in [1.29, 1.82) is 0 Å². The van der Waals surface area contributed by atoms with E-state index in [2.05, 4.69) is 15.0 Å². The molecule has 0 aliphatic heterocycles. The Hall–Kier alpha value is -1.60. The summed E-state index contributed by atoms with van der Waals surface area (Å²) in [7, 11) is -3.28. The summed E-state index contributed by atoms with van der Waals surface area (Å²) in [6.45, 7) is 0.561. The molecule has 0 amide bonds. The van der Waals surface area contributed by atoms with Gasteiger partial charge in [-0.25, -0.2) is 13.4 Å². The standard InChI is InChI=1S/C11H13N3O2S2/c1-18(15,16)14-11-5-3-2-4-10(11)12-6-9-7-17-8-13-9/h2-5,7-8,12,14H,6H2,1H3. The van der Waals surface area contributed by atoms with Gasteiger partial charge in [-0.05, 0) is 12.1 Å². The van der Waals surface area contributed by atoms with Crippen LogP contribution in [0.4, 0.5) is 11.4 Å². The fourth-order valence-electron chi connectivity index (χ4n) is 1.44. The van der Waals surface area contributed by atoms with Crippen LogP contribution < -0.4 is 10.0 Å². The number of hydrogen-bond donors (Lipinski definition) is 2. The quantitative estimate of drug-likeness (QED) is 0.882. The molecule has 0 atom stereocenters. The molecule has 0 fully saturated rings. The summed E-state index contributed by atoms with van der Waals surface area (Å²) in [4.78, 5) is 4.15. The lowest BCUT2D eigenvalue weighted by Gasteiger charge is -2.11. The molecule has 0 spiro atoms. The SMILES string of the molecule is CS(=O)(=O)Nc1ccccc1NCc1cscn1. The van der Waals surface area contributed by atoms with E-state index in [0.29, 0.717) is 12.2 Å². The van der Waals surface area contributed by atoms with Crippen LogP contribution in [0.3, 0.4) is 0 Å². The van der Waals surface area contributed by atoms with Crippen molar-refractivity contribution in [1.82, 2.24) is 4.98 Å². The number of aromatic nitrogens is 1. The number of thiazole rings is 1. The van der Waals surface area contributed by atoms with E-state index in [1.165, 1.54) is 11.3 Å². The molecule has 96 valence electrons. The van der Waals surface area contributed by atoms with E-state index in [1.54, 1.807) is 17.6 Å². The molecule has 1 aromatic heterocycles. The lowest BCUT2D eigenvalue weighted by molar-refractivity contribution is 0.607. The number of rotatable bonds is 5. The number of nitrogens with one attached hydrogen (secondary N) is 2. The van der Waals surface area contributed by atoms with E-state index in [0.717, 1.165) is 17.6 Å². The Bertz CT molecular complexity index is 609. The zero-order valence-electron chi connectivity index (χ0n) is 9.75. The minimum absolute atomic E-state index is 0.537. The van der Waals surface area contributed by atoms with Crippen LogP contribution in [0.2, 0.25) is 0 Å². The molecule has 0 saturated heterocycles. The summed E-state index contributed by atoms with van der Waals surface area (Å²) in [5, 5.41) is 5.10. The fraction of sp³-hybridized carbons (Fsp3) is 0.182. The van der Waals surface area contributed by atoms with Crippen molar-refractivity contribution in [2.24, 2.45) is 0 Å². The van der Waals surface area contributed by atoms with E-state index in [9.17, 15) is 8.42 Å². The summed E-state index contributed by atoms with van der Waals surface area (Å²) in [5.41, 5.74) is 3.96. The van der Waals surface area contributed by atoms with Gasteiger partial charge in [0, 0.05) is 5.38 Å². The maximum absolute atomic E-state index is 11.2. The number of nitrogens with zero attached hydrogens (tertiary/aromatic N) is 1. The molecule has 0 bridgehead atoms. The first-order valence-corrected chi connectivity index (χ1v) is 8.06. The molecule has 0 radical (unpaired) electrons. The van der Waals surface area contributed by atoms with Crippen LogP contribution in [-0.2, 0) is 16.6 Å². The van der Waals surface area contributed by atoms with E-state index >= 15 is 0 Å². The van der Waals surface area contributed by atoms with Crippen molar-refractivity contribution in [2.75, 3.05) is 16.3 Å². The lowest BCUT2D eigenvalue weighted by Crippen LogP contribution is -2.11. The molecule has 0 aliphatic rings. The van der Waals surface area contributed by atoms with Crippen LogP contribution in [0.25, 0.3) is 0 Å². The first-order chi connectivity index (χ1) is 8.54. The molecule has 2 rings (SSSR count). The van der Waals surface area contributed by atoms with Gasteiger partial charge < -0.3 is 5.32 Å². The number of para-hydroxylation sites is 2. The van der Waals surface area contributed by atoms with Gasteiger partial charge in [0.15, 0.2) is 0 Å². The normalized spacial score (nSPS) is 11.2. The molecular weight excluding hydrogens is 270 g/mol.